The molecular weight excluding hydrogens is 803 g/mol. The largest absolute Gasteiger partial charge is 0.462 e. The summed E-state index contributed by atoms with van der Waals surface area (Å²) < 4.78 is 5.96. The molecule has 0 saturated heterocycles. The number of esters is 1. The number of carbonyl (C=O) groups excluding carboxylic acids is 2. The molecule has 3 unspecified atom stereocenters. The lowest BCUT2D eigenvalue weighted by molar-refractivity contribution is -0.151. The van der Waals surface area contributed by atoms with Crippen LogP contribution in [0.1, 0.15) is 303 Å². The van der Waals surface area contributed by atoms with Crippen molar-refractivity contribution in [2.24, 2.45) is 0 Å². The molecule has 65 heavy (non-hydrogen) atoms. The van der Waals surface area contributed by atoms with Crippen LogP contribution in [0.4, 0.5) is 0 Å². The summed E-state index contributed by atoms with van der Waals surface area (Å²) in [5.41, 5.74) is 0. The summed E-state index contributed by atoms with van der Waals surface area (Å²) in [5.74, 6) is -0.483. The molecule has 0 fully saturated rings. The van der Waals surface area contributed by atoms with Crippen molar-refractivity contribution in [1.82, 2.24) is 5.32 Å². The first-order valence-corrected chi connectivity index (χ1v) is 28.7. The van der Waals surface area contributed by atoms with Gasteiger partial charge in [-0.3, -0.25) is 9.59 Å². The first-order valence-electron chi connectivity index (χ1n) is 28.7. The van der Waals surface area contributed by atoms with E-state index in [0.717, 1.165) is 70.6 Å². The van der Waals surface area contributed by atoms with E-state index in [1.165, 1.54) is 186 Å². The third-order valence-electron chi connectivity index (χ3n) is 13.2. The third kappa shape index (κ3) is 48.3. The van der Waals surface area contributed by atoms with Gasteiger partial charge in [-0.1, -0.05) is 263 Å². The maximum atomic E-state index is 13.3. The van der Waals surface area contributed by atoms with Crippen molar-refractivity contribution < 1.29 is 24.5 Å². The number of aliphatic hydroxyl groups excluding tert-OH is 2. The number of carbonyl (C=O) groups is 2. The van der Waals surface area contributed by atoms with Gasteiger partial charge < -0.3 is 20.3 Å². The maximum Gasteiger partial charge on any atom is 0.306 e. The number of allylic oxidation sites excluding steroid dienone is 6. The van der Waals surface area contributed by atoms with Crippen LogP contribution >= 0.6 is 0 Å². The van der Waals surface area contributed by atoms with E-state index in [1.54, 1.807) is 0 Å². The molecule has 0 bridgehead atoms. The van der Waals surface area contributed by atoms with E-state index in [1.807, 2.05) is 0 Å². The highest BCUT2D eigenvalue weighted by molar-refractivity contribution is 5.77. The Labute approximate surface area is 404 Å². The van der Waals surface area contributed by atoms with Crippen molar-refractivity contribution in [3.63, 3.8) is 0 Å². The monoisotopic (exact) mass is 914 g/mol. The average Bonchev–Trinajstić information content (AvgIpc) is 3.30. The lowest BCUT2D eigenvalue weighted by Gasteiger charge is -2.24. The van der Waals surface area contributed by atoms with Gasteiger partial charge in [0.25, 0.3) is 0 Å². The highest BCUT2D eigenvalue weighted by Crippen LogP contribution is 2.19. The highest BCUT2D eigenvalue weighted by Gasteiger charge is 2.24. The molecule has 0 aliphatic carbocycles. The van der Waals surface area contributed by atoms with Gasteiger partial charge in [-0.05, 0) is 64.2 Å². The van der Waals surface area contributed by atoms with Crippen LogP contribution in [0.2, 0.25) is 0 Å². The molecule has 0 heterocycles. The number of amides is 1. The van der Waals surface area contributed by atoms with Gasteiger partial charge in [0.2, 0.25) is 5.91 Å². The summed E-state index contributed by atoms with van der Waals surface area (Å²) in [6, 6.07) is -0.703. The van der Waals surface area contributed by atoms with Gasteiger partial charge in [0.1, 0.15) is 6.10 Å². The number of rotatable bonds is 52. The van der Waals surface area contributed by atoms with E-state index in [-0.39, 0.29) is 24.9 Å². The smallest absolute Gasteiger partial charge is 0.306 e. The molecule has 6 heteroatoms. The van der Waals surface area contributed by atoms with E-state index in [4.69, 9.17) is 4.74 Å². The molecule has 1 amide bonds. The number of hydrogen-bond acceptors (Lipinski definition) is 5. The lowest BCUT2D eigenvalue weighted by atomic mass is 10.0. The van der Waals surface area contributed by atoms with Gasteiger partial charge in [-0.25, -0.2) is 0 Å². The standard InChI is InChI=1S/C59H111NO5/c1-4-7-10-13-16-19-22-25-27-29-31-34-37-40-43-46-49-52-59(64)65-55(50-47-44-41-38-35-33-30-28-26-23-20-17-14-11-8-5-2)53-58(63)60-56(54-61)57(62)51-48-45-42-39-36-32-24-21-18-15-12-9-6-3/h16,19,25,27,31,34,55-57,61-62H,4-15,17-18,20-24,26,28-30,32-33,35-54H2,1-3H3,(H,60,63)/b19-16-,27-25-,34-31-. The molecular formula is C59H111NO5. The summed E-state index contributed by atoms with van der Waals surface area (Å²) in [5, 5.41) is 23.9. The minimum Gasteiger partial charge on any atom is -0.462 e. The van der Waals surface area contributed by atoms with Gasteiger partial charge in [-0.15, -0.1) is 0 Å². The van der Waals surface area contributed by atoms with E-state index < -0.39 is 18.2 Å². The molecule has 3 atom stereocenters. The fourth-order valence-corrected chi connectivity index (χ4v) is 8.85. The molecule has 0 aromatic heterocycles. The minimum atomic E-state index is -0.789. The minimum absolute atomic E-state index is 0.0731. The molecule has 6 nitrogen and oxygen atoms in total. The van der Waals surface area contributed by atoms with Gasteiger partial charge in [0, 0.05) is 6.42 Å². The maximum absolute atomic E-state index is 13.3. The number of ether oxygens (including phenoxy) is 1. The zero-order chi connectivity index (χ0) is 47.4. The first-order chi connectivity index (χ1) is 32.0. The topological polar surface area (TPSA) is 95.9 Å². The van der Waals surface area contributed by atoms with Crippen LogP contribution in [0.5, 0.6) is 0 Å². The van der Waals surface area contributed by atoms with E-state index in [2.05, 4.69) is 62.5 Å². The molecule has 0 spiro atoms. The number of hydrogen-bond donors (Lipinski definition) is 3. The molecule has 0 saturated carbocycles. The van der Waals surface area contributed by atoms with Crippen molar-refractivity contribution >= 4 is 11.9 Å². The summed E-state index contributed by atoms with van der Waals surface area (Å²) in [7, 11) is 0. The van der Waals surface area contributed by atoms with Crippen molar-refractivity contribution in [2.45, 2.75) is 322 Å². The summed E-state index contributed by atoms with van der Waals surface area (Å²) >= 11 is 0. The van der Waals surface area contributed by atoms with Gasteiger partial charge in [-0.2, -0.15) is 0 Å². The fraction of sp³-hybridized carbons (Fsp3) is 0.864. The summed E-state index contributed by atoms with van der Waals surface area (Å²) in [6.45, 7) is 6.48. The van der Waals surface area contributed by atoms with Gasteiger partial charge in [0.05, 0.1) is 25.2 Å². The quantitative estimate of drug-likeness (QED) is 0.0321. The molecule has 382 valence electrons. The van der Waals surface area contributed by atoms with Crippen LogP contribution in [-0.2, 0) is 14.3 Å². The molecule has 0 rings (SSSR count). The Balaban J connectivity index is 4.58. The Bertz CT molecular complexity index is 1070. The van der Waals surface area contributed by atoms with Crippen LogP contribution < -0.4 is 5.32 Å². The zero-order valence-corrected chi connectivity index (χ0v) is 43.6. The molecule has 0 radical (unpaired) electrons. The molecule has 0 aromatic rings. The first kappa shape index (κ1) is 63.1. The fourth-order valence-electron chi connectivity index (χ4n) is 8.85. The van der Waals surface area contributed by atoms with Crippen molar-refractivity contribution in [3.8, 4) is 0 Å². The zero-order valence-electron chi connectivity index (χ0n) is 43.6. The van der Waals surface area contributed by atoms with E-state index in [9.17, 15) is 19.8 Å². The molecule has 0 aliphatic rings. The Morgan fingerprint density at radius 1 is 0.446 bits per heavy atom. The Kier molecular flexibility index (Phi) is 51.5. The van der Waals surface area contributed by atoms with Crippen molar-refractivity contribution in [3.05, 3.63) is 36.5 Å². The Morgan fingerprint density at radius 2 is 0.785 bits per heavy atom. The van der Waals surface area contributed by atoms with Gasteiger partial charge in [0.15, 0.2) is 0 Å². The molecule has 3 N–H and O–H groups in total. The van der Waals surface area contributed by atoms with E-state index in [0.29, 0.717) is 19.3 Å². The Hall–Kier alpha value is -1.92. The summed E-state index contributed by atoms with van der Waals surface area (Å²) in [4.78, 5) is 26.3. The van der Waals surface area contributed by atoms with Crippen LogP contribution in [0.15, 0.2) is 36.5 Å². The third-order valence-corrected chi connectivity index (χ3v) is 13.2. The van der Waals surface area contributed by atoms with Gasteiger partial charge >= 0.3 is 5.97 Å². The average molecular weight is 915 g/mol. The Morgan fingerprint density at radius 3 is 1.22 bits per heavy atom. The predicted octanol–water partition coefficient (Wildman–Crippen LogP) is 17.6. The number of aliphatic hydroxyl groups is 2. The summed E-state index contributed by atoms with van der Waals surface area (Å²) in [6.07, 6.45) is 63.5. The lowest BCUT2D eigenvalue weighted by Crippen LogP contribution is -2.46. The second-order valence-electron chi connectivity index (χ2n) is 19.7. The normalized spacial score (nSPS) is 13.4. The van der Waals surface area contributed by atoms with Crippen LogP contribution in [0.3, 0.4) is 0 Å². The molecule has 0 aromatic carbocycles. The number of unbranched alkanes of at least 4 members (excludes halogenated alkanes) is 34. The van der Waals surface area contributed by atoms with Crippen molar-refractivity contribution in [2.75, 3.05) is 6.61 Å². The van der Waals surface area contributed by atoms with Crippen LogP contribution in [-0.4, -0.2) is 46.9 Å². The second-order valence-corrected chi connectivity index (χ2v) is 19.7. The van der Waals surface area contributed by atoms with Crippen LogP contribution in [0.25, 0.3) is 0 Å². The number of nitrogens with one attached hydrogen (secondary N) is 1. The van der Waals surface area contributed by atoms with E-state index >= 15 is 0 Å². The molecule has 0 aliphatic heterocycles. The predicted molar refractivity (Wildman–Crippen MR) is 282 cm³/mol. The van der Waals surface area contributed by atoms with Crippen molar-refractivity contribution in [1.29, 1.82) is 0 Å². The second kappa shape index (κ2) is 53.0. The van der Waals surface area contributed by atoms with Crippen LogP contribution in [0, 0.1) is 0 Å². The SMILES string of the molecule is CCCCC/C=C\C/C=C\C/C=C\CCCCCCC(=O)OC(CCCCCCCCCCCCCCCCCC)CC(=O)NC(CO)C(O)CCCCCCCCCCCCCCC. The highest BCUT2D eigenvalue weighted by atomic mass is 16.5.